The Labute approximate surface area is 168 Å². The summed E-state index contributed by atoms with van der Waals surface area (Å²) in [5, 5.41) is 11.1. The van der Waals surface area contributed by atoms with Crippen LogP contribution in [-0.2, 0) is 14.3 Å². The maximum absolute atomic E-state index is 13.0. The van der Waals surface area contributed by atoms with E-state index in [9.17, 15) is 14.7 Å². The van der Waals surface area contributed by atoms with Gasteiger partial charge in [-0.3, -0.25) is 14.6 Å². The first-order valence-corrected chi connectivity index (χ1v) is 9.55. The summed E-state index contributed by atoms with van der Waals surface area (Å²) in [5.41, 5.74) is 1.05. The Hall–Kier alpha value is -3.19. The quantitative estimate of drug-likeness (QED) is 0.477. The predicted molar refractivity (Wildman–Crippen MR) is 105 cm³/mol. The number of carbonyl (C=O) groups excluding carboxylic acids is 2. The molecule has 2 saturated heterocycles. The van der Waals surface area contributed by atoms with Gasteiger partial charge in [0.05, 0.1) is 30.4 Å². The van der Waals surface area contributed by atoms with Crippen LogP contribution in [0.4, 0.5) is 0 Å². The number of aromatic nitrogens is 1. The number of pyridine rings is 1. The number of para-hydroxylation sites is 1. The number of carbonyl (C=O) groups is 2. The maximum Gasteiger partial charge on any atom is 0.295 e. The van der Waals surface area contributed by atoms with Gasteiger partial charge in [0.25, 0.3) is 11.7 Å². The fourth-order valence-corrected chi connectivity index (χ4v) is 3.95. The molecule has 150 valence electrons. The van der Waals surface area contributed by atoms with E-state index in [0.717, 1.165) is 12.8 Å². The predicted octanol–water partition coefficient (Wildman–Crippen LogP) is 2.69. The molecule has 1 aromatic heterocycles. The average Bonchev–Trinajstić information content (AvgIpc) is 3.36. The Balaban J connectivity index is 1.84. The second-order valence-electron chi connectivity index (χ2n) is 7.07. The highest BCUT2D eigenvalue weighted by Crippen LogP contribution is 2.41. The van der Waals surface area contributed by atoms with Crippen molar-refractivity contribution in [1.29, 1.82) is 0 Å². The van der Waals surface area contributed by atoms with Gasteiger partial charge in [-0.2, -0.15) is 0 Å². The van der Waals surface area contributed by atoms with Gasteiger partial charge in [-0.05, 0) is 36.6 Å². The molecule has 2 fully saturated rings. The third kappa shape index (κ3) is 3.49. The highest BCUT2D eigenvalue weighted by molar-refractivity contribution is 6.46. The van der Waals surface area contributed by atoms with Crippen molar-refractivity contribution >= 4 is 17.4 Å². The molecule has 2 aromatic rings. The minimum atomic E-state index is -0.738. The summed E-state index contributed by atoms with van der Waals surface area (Å²) in [5.74, 6) is -1.21. The molecule has 1 N–H and O–H groups in total. The van der Waals surface area contributed by atoms with Gasteiger partial charge in [0.15, 0.2) is 0 Å². The normalized spacial score (nSPS) is 23.6. The molecule has 4 rings (SSSR count). The zero-order valence-electron chi connectivity index (χ0n) is 16.1. The first-order chi connectivity index (χ1) is 14.1. The molecule has 7 heteroatoms. The van der Waals surface area contributed by atoms with Gasteiger partial charge >= 0.3 is 0 Å². The fraction of sp³-hybridized carbons (Fsp3) is 0.318. The van der Waals surface area contributed by atoms with Crippen molar-refractivity contribution in [1.82, 2.24) is 9.88 Å². The van der Waals surface area contributed by atoms with E-state index < -0.39 is 17.7 Å². The molecular weight excluding hydrogens is 372 g/mol. The molecule has 1 amide bonds. The summed E-state index contributed by atoms with van der Waals surface area (Å²) in [7, 11) is 1.49. The summed E-state index contributed by atoms with van der Waals surface area (Å²) in [6.45, 7) is 0.931. The van der Waals surface area contributed by atoms with E-state index in [4.69, 9.17) is 9.47 Å². The van der Waals surface area contributed by atoms with Gasteiger partial charge in [0.1, 0.15) is 11.5 Å². The van der Waals surface area contributed by atoms with E-state index in [0.29, 0.717) is 23.5 Å². The molecule has 0 bridgehead atoms. The smallest absolute Gasteiger partial charge is 0.295 e. The number of likely N-dealkylation sites (tertiary alicyclic amines) is 1. The van der Waals surface area contributed by atoms with Crippen LogP contribution in [0.2, 0.25) is 0 Å². The van der Waals surface area contributed by atoms with E-state index >= 15 is 0 Å². The highest BCUT2D eigenvalue weighted by Gasteiger charge is 2.47. The van der Waals surface area contributed by atoms with E-state index in [-0.39, 0.29) is 24.0 Å². The fourth-order valence-electron chi connectivity index (χ4n) is 3.95. The Kier molecular flexibility index (Phi) is 5.31. The zero-order chi connectivity index (χ0) is 20.4. The summed E-state index contributed by atoms with van der Waals surface area (Å²) in [6.07, 6.45) is 4.85. The molecule has 1 aromatic carbocycles. The molecule has 0 aliphatic carbocycles. The average molecular weight is 394 g/mol. The minimum absolute atomic E-state index is 0.0329. The van der Waals surface area contributed by atoms with Gasteiger partial charge in [-0.15, -0.1) is 0 Å². The number of nitrogens with zero attached hydrogens (tertiary/aromatic N) is 2. The first kappa shape index (κ1) is 19.1. The van der Waals surface area contributed by atoms with Crippen molar-refractivity contribution in [3.05, 3.63) is 65.5 Å². The van der Waals surface area contributed by atoms with Crippen LogP contribution < -0.4 is 4.74 Å². The summed E-state index contributed by atoms with van der Waals surface area (Å²) < 4.78 is 11.0. The molecule has 2 aliphatic heterocycles. The number of methoxy groups -OCH3 is 1. The van der Waals surface area contributed by atoms with E-state index in [1.165, 1.54) is 12.0 Å². The molecular formula is C22H22N2O5. The van der Waals surface area contributed by atoms with Crippen molar-refractivity contribution in [2.24, 2.45) is 0 Å². The third-order valence-corrected chi connectivity index (χ3v) is 5.33. The topological polar surface area (TPSA) is 89.0 Å². The SMILES string of the molecule is COc1ccccc1/C(O)=C1/C(=O)C(=O)N(CC2CCCO2)C1c1cccnc1. The van der Waals surface area contributed by atoms with Crippen LogP contribution in [0.25, 0.3) is 5.76 Å². The van der Waals surface area contributed by atoms with E-state index in [1.54, 1.807) is 48.8 Å². The van der Waals surface area contributed by atoms with Gasteiger partial charge in [-0.1, -0.05) is 18.2 Å². The monoisotopic (exact) mass is 394 g/mol. The third-order valence-electron chi connectivity index (χ3n) is 5.33. The number of hydrogen-bond donors (Lipinski definition) is 1. The van der Waals surface area contributed by atoms with E-state index in [2.05, 4.69) is 4.98 Å². The number of ether oxygens (including phenoxy) is 2. The van der Waals surface area contributed by atoms with Crippen LogP contribution >= 0.6 is 0 Å². The van der Waals surface area contributed by atoms with Crippen LogP contribution in [0.5, 0.6) is 5.75 Å². The second-order valence-corrected chi connectivity index (χ2v) is 7.07. The van der Waals surface area contributed by atoms with Crippen LogP contribution in [0, 0.1) is 0 Å². The van der Waals surface area contributed by atoms with Crippen molar-refractivity contribution in [2.45, 2.75) is 25.0 Å². The highest BCUT2D eigenvalue weighted by atomic mass is 16.5. The Morgan fingerprint density at radius 2 is 2.10 bits per heavy atom. The lowest BCUT2D eigenvalue weighted by Gasteiger charge is -2.27. The van der Waals surface area contributed by atoms with E-state index in [1.807, 2.05) is 0 Å². The van der Waals surface area contributed by atoms with Crippen LogP contribution in [-0.4, -0.2) is 53.0 Å². The number of aliphatic hydroxyl groups is 1. The number of Topliss-reactive ketones (excluding diaryl/α,β-unsaturated/α-hetero) is 1. The van der Waals surface area contributed by atoms with Gasteiger partial charge in [-0.25, -0.2) is 0 Å². The molecule has 3 heterocycles. The van der Waals surface area contributed by atoms with Crippen molar-refractivity contribution in [3.63, 3.8) is 0 Å². The second kappa shape index (κ2) is 8.05. The number of rotatable bonds is 5. The molecule has 2 aliphatic rings. The Bertz CT molecular complexity index is 951. The lowest BCUT2D eigenvalue weighted by atomic mass is 9.96. The largest absolute Gasteiger partial charge is 0.507 e. The number of benzene rings is 1. The maximum atomic E-state index is 13.0. The molecule has 2 atom stereocenters. The van der Waals surface area contributed by atoms with Crippen molar-refractivity contribution < 1.29 is 24.2 Å². The molecule has 7 nitrogen and oxygen atoms in total. The summed E-state index contributed by atoms with van der Waals surface area (Å²) >= 11 is 0. The van der Waals surface area contributed by atoms with Gasteiger partial charge in [0.2, 0.25) is 0 Å². The molecule has 2 unspecified atom stereocenters. The van der Waals surface area contributed by atoms with Crippen LogP contribution in [0.15, 0.2) is 54.4 Å². The summed E-state index contributed by atoms with van der Waals surface area (Å²) in [4.78, 5) is 31.5. The number of aliphatic hydroxyl groups excluding tert-OH is 1. The Morgan fingerprint density at radius 3 is 2.79 bits per heavy atom. The first-order valence-electron chi connectivity index (χ1n) is 9.55. The zero-order valence-corrected chi connectivity index (χ0v) is 16.1. The van der Waals surface area contributed by atoms with Crippen molar-refractivity contribution in [2.75, 3.05) is 20.3 Å². The number of amides is 1. The molecule has 0 radical (unpaired) electrons. The number of hydrogen-bond acceptors (Lipinski definition) is 6. The number of ketones is 1. The Morgan fingerprint density at radius 1 is 1.28 bits per heavy atom. The summed E-state index contributed by atoms with van der Waals surface area (Å²) in [6, 6.07) is 9.64. The minimum Gasteiger partial charge on any atom is -0.507 e. The lowest BCUT2D eigenvalue weighted by molar-refractivity contribution is -0.140. The van der Waals surface area contributed by atoms with Crippen LogP contribution in [0.1, 0.15) is 30.0 Å². The van der Waals surface area contributed by atoms with Crippen molar-refractivity contribution in [3.8, 4) is 5.75 Å². The van der Waals surface area contributed by atoms with Gasteiger partial charge in [0, 0.05) is 25.5 Å². The lowest BCUT2D eigenvalue weighted by Crippen LogP contribution is -2.36. The van der Waals surface area contributed by atoms with Crippen LogP contribution in [0.3, 0.4) is 0 Å². The van der Waals surface area contributed by atoms with Gasteiger partial charge < -0.3 is 19.5 Å². The molecule has 0 spiro atoms. The molecule has 0 saturated carbocycles. The molecule has 29 heavy (non-hydrogen) atoms. The standard InChI is InChI=1S/C22H22N2O5/c1-28-17-9-3-2-8-16(17)20(25)18-19(14-6-4-10-23-12-14)24(22(27)21(18)26)13-15-7-5-11-29-15/h2-4,6,8-10,12,15,19,25H,5,7,11,13H2,1H3/b20-18-.